The van der Waals surface area contributed by atoms with Crippen LogP contribution in [0.25, 0.3) is 5.08 Å². The molecule has 0 heterocycles. The lowest BCUT2D eigenvalue weighted by atomic mass is 11.1. The van der Waals surface area contributed by atoms with Crippen LogP contribution in [0.15, 0.2) is 5.10 Å². The lowest BCUT2D eigenvalue weighted by Gasteiger charge is -1.65. The number of halogens is 1. The van der Waals surface area contributed by atoms with E-state index in [1.165, 1.54) is 0 Å². The third-order valence-corrected chi connectivity index (χ3v) is 0.160. The van der Waals surface area contributed by atoms with Gasteiger partial charge in [0.2, 0.25) is 5.10 Å². The van der Waals surface area contributed by atoms with Gasteiger partial charge in [0.25, 0.3) is 11.4 Å². The van der Waals surface area contributed by atoms with Crippen molar-refractivity contribution in [2.75, 3.05) is 0 Å². The predicted octanol–water partition coefficient (Wildman–Crippen LogP) is -3.97. The van der Waals surface area contributed by atoms with Crippen molar-refractivity contribution < 1.29 is 12.4 Å². The Balaban J connectivity index is 0. The SMILES string of the molecule is N#[N+]N=C(N)N.[Cl-]. The molecule has 0 spiro atoms. The molecule has 0 unspecified atom stereocenters. The maximum atomic E-state index is 7.51. The Bertz CT molecular complexity index is 95.1. The number of diazo groups is 1. The van der Waals surface area contributed by atoms with Gasteiger partial charge in [0.1, 0.15) is 0 Å². The molecule has 0 aliphatic carbocycles. The van der Waals surface area contributed by atoms with E-state index in [2.05, 4.69) is 21.7 Å². The lowest BCUT2D eigenvalue weighted by Crippen LogP contribution is -3.00. The van der Waals surface area contributed by atoms with Gasteiger partial charge in [-0.25, -0.2) is 0 Å². The third-order valence-electron chi connectivity index (χ3n) is 0.160. The Labute approximate surface area is 46.4 Å². The van der Waals surface area contributed by atoms with Crippen molar-refractivity contribution in [3.8, 4) is 0 Å². The second-order valence-electron chi connectivity index (χ2n) is 0.614. The van der Waals surface area contributed by atoms with Crippen LogP contribution in [0, 0.1) is 5.39 Å². The van der Waals surface area contributed by atoms with Gasteiger partial charge >= 0.3 is 5.08 Å². The molecule has 0 atom stereocenters. The molecule has 0 amide bonds. The van der Waals surface area contributed by atoms with Crippen molar-refractivity contribution in [2.45, 2.75) is 0 Å². The minimum atomic E-state index is -0.252. The van der Waals surface area contributed by atoms with Crippen LogP contribution in [0.1, 0.15) is 0 Å². The molecule has 0 aliphatic rings. The summed E-state index contributed by atoms with van der Waals surface area (Å²) < 4.78 is 0. The smallest absolute Gasteiger partial charge is 0.342 e. The van der Waals surface area contributed by atoms with Crippen molar-refractivity contribution in [1.82, 2.24) is 0 Å². The molecule has 0 radical (unpaired) electrons. The number of nitrogens with zero attached hydrogens (tertiary/aromatic N) is 3. The van der Waals surface area contributed by atoms with Crippen LogP contribution in [0.3, 0.4) is 0 Å². The Morgan fingerprint density at radius 2 is 2.00 bits per heavy atom. The van der Waals surface area contributed by atoms with Gasteiger partial charge in [-0.15, -0.1) is 0 Å². The Morgan fingerprint density at radius 1 is 1.57 bits per heavy atom. The van der Waals surface area contributed by atoms with Gasteiger partial charge in [0.15, 0.2) is 0 Å². The van der Waals surface area contributed by atoms with Crippen LogP contribution in [-0.2, 0) is 0 Å². The Hall–Kier alpha value is -1.02. The van der Waals surface area contributed by atoms with E-state index in [0.717, 1.165) is 0 Å². The first-order valence-corrected chi connectivity index (χ1v) is 1.20. The molecule has 4 N–H and O–H groups in total. The first-order chi connectivity index (χ1) is 2.77. The molecule has 5 nitrogen and oxygen atoms in total. The van der Waals surface area contributed by atoms with Crippen LogP contribution >= 0.6 is 0 Å². The van der Waals surface area contributed by atoms with Gasteiger partial charge in [-0.1, -0.05) is 0 Å². The largest absolute Gasteiger partial charge is 1.00 e. The molecule has 7 heavy (non-hydrogen) atoms. The molecule has 0 saturated heterocycles. The zero-order valence-electron chi connectivity index (χ0n) is 3.37. The standard InChI is InChI=1S/CH4N5.ClH/c2-1(3)5-6-4;/h(H4,2,3,5);1H/q+1;/p-1. The number of rotatable bonds is 0. The van der Waals surface area contributed by atoms with E-state index in [1.807, 2.05) is 0 Å². The van der Waals surface area contributed by atoms with E-state index in [9.17, 15) is 0 Å². The molecule has 0 aliphatic heterocycles. The van der Waals surface area contributed by atoms with Gasteiger partial charge < -0.3 is 23.9 Å². The minimum absolute atomic E-state index is 0. The molecule has 40 valence electrons. The molecule has 6 heteroatoms. The monoisotopic (exact) mass is 121 g/mol. The molecule has 0 bridgehead atoms. The first-order valence-electron chi connectivity index (χ1n) is 1.20. The van der Waals surface area contributed by atoms with E-state index < -0.39 is 0 Å². The average molecular weight is 122 g/mol. The molecule has 0 aromatic heterocycles. The van der Waals surface area contributed by atoms with Crippen LogP contribution < -0.4 is 23.9 Å². The van der Waals surface area contributed by atoms with Crippen molar-refractivity contribution in [1.29, 1.82) is 5.39 Å². The van der Waals surface area contributed by atoms with Crippen LogP contribution in [0.5, 0.6) is 0 Å². The van der Waals surface area contributed by atoms with E-state index >= 15 is 0 Å². The summed E-state index contributed by atoms with van der Waals surface area (Å²) in [7, 11) is 0. The summed E-state index contributed by atoms with van der Waals surface area (Å²) in [4.78, 5) is 0. The third kappa shape index (κ3) is 11.3. The van der Waals surface area contributed by atoms with E-state index in [0.29, 0.717) is 0 Å². The highest BCUT2D eigenvalue weighted by Crippen LogP contribution is 1.58. The van der Waals surface area contributed by atoms with Crippen LogP contribution in [0.2, 0.25) is 0 Å². The summed E-state index contributed by atoms with van der Waals surface area (Å²) >= 11 is 0. The molecule has 0 aromatic carbocycles. The van der Waals surface area contributed by atoms with Gasteiger partial charge in [-0.05, 0) is 0 Å². The summed E-state index contributed by atoms with van der Waals surface area (Å²) in [6.45, 7) is 0. The summed E-state index contributed by atoms with van der Waals surface area (Å²) in [5, 5.41) is 12.6. The molecule has 0 saturated carbocycles. The topological polar surface area (TPSA) is 92.5 Å². The van der Waals surface area contributed by atoms with Gasteiger partial charge in [0, 0.05) is 0 Å². The highest BCUT2D eigenvalue weighted by atomic mass is 35.5. The summed E-state index contributed by atoms with van der Waals surface area (Å²) in [5.74, 6) is -0.252. The fourth-order valence-corrected chi connectivity index (χ4v) is 0.0516. The lowest BCUT2D eigenvalue weighted by molar-refractivity contribution is -0.00000190. The summed E-state index contributed by atoms with van der Waals surface area (Å²) in [6.07, 6.45) is 0. The second-order valence-corrected chi connectivity index (χ2v) is 0.614. The second kappa shape index (κ2) is 4.98. The fraction of sp³-hybridized carbons (Fsp3) is 0. The van der Waals surface area contributed by atoms with E-state index in [4.69, 9.17) is 5.39 Å². The number of guanidine groups is 1. The maximum absolute atomic E-state index is 7.51. The van der Waals surface area contributed by atoms with Crippen LogP contribution in [0.4, 0.5) is 0 Å². The quantitative estimate of drug-likeness (QED) is 0.148. The minimum Gasteiger partial charge on any atom is -1.00 e. The highest BCUT2D eigenvalue weighted by molar-refractivity contribution is 5.75. The number of nitrogens with two attached hydrogens (primary N) is 2. The summed E-state index contributed by atoms with van der Waals surface area (Å²) in [5.41, 5.74) is 9.35. The van der Waals surface area contributed by atoms with Crippen LogP contribution in [-0.4, -0.2) is 5.96 Å². The molecular formula is CH4ClN5. The van der Waals surface area contributed by atoms with Gasteiger partial charge in [0.05, 0.1) is 0 Å². The number of hydrogen-bond acceptors (Lipinski definition) is 2. The van der Waals surface area contributed by atoms with Gasteiger partial charge in [-0.2, -0.15) is 0 Å². The van der Waals surface area contributed by atoms with Crippen molar-refractivity contribution in [3.63, 3.8) is 0 Å². The molecule has 0 fully saturated rings. The van der Waals surface area contributed by atoms with Crippen molar-refractivity contribution >= 4 is 5.96 Å². The first kappa shape index (κ1) is 9.36. The molecule has 0 aromatic rings. The van der Waals surface area contributed by atoms with Crippen molar-refractivity contribution in [3.05, 3.63) is 5.08 Å². The fourth-order valence-electron chi connectivity index (χ4n) is 0.0516. The normalized spacial score (nSPS) is 5.00. The summed E-state index contributed by atoms with van der Waals surface area (Å²) in [6, 6.07) is 0. The van der Waals surface area contributed by atoms with Crippen molar-refractivity contribution in [2.24, 2.45) is 16.6 Å². The zero-order chi connectivity index (χ0) is 4.99. The Kier molecular flexibility index (Phi) is 6.66. The van der Waals surface area contributed by atoms with Gasteiger partial charge in [-0.3, -0.25) is 0 Å². The maximum Gasteiger partial charge on any atom is 0.342 e. The number of hydrogen-bond donors (Lipinski definition) is 2. The Morgan fingerprint density at radius 3 is 2.00 bits per heavy atom. The molecular weight excluding hydrogens is 117 g/mol. The molecule has 0 rings (SSSR count). The van der Waals surface area contributed by atoms with E-state index in [1.54, 1.807) is 0 Å². The zero-order valence-corrected chi connectivity index (χ0v) is 4.13. The highest BCUT2D eigenvalue weighted by Gasteiger charge is 1.82. The predicted molar refractivity (Wildman–Crippen MR) is 20.9 cm³/mol. The average Bonchev–Trinajstić information content (AvgIpc) is 1.35. The van der Waals surface area contributed by atoms with E-state index in [-0.39, 0.29) is 18.4 Å².